The van der Waals surface area contributed by atoms with Crippen molar-refractivity contribution >= 4 is 18.2 Å². The number of hydrogen-bond donors (Lipinski definition) is 0. The van der Waals surface area contributed by atoms with E-state index >= 15 is 0 Å². The van der Waals surface area contributed by atoms with Crippen molar-refractivity contribution in [1.29, 1.82) is 0 Å². The summed E-state index contributed by atoms with van der Waals surface area (Å²) >= 11 is -0.852. The van der Waals surface area contributed by atoms with Crippen LogP contribution in [-0.2, 0) is 4.79 Å². The zero-order chi connectivity index (χ0) is 4.28. The first kappa shape index (κ1) is 5.10. The fourth-order valence-corrected chi connectivity index (χ4v) is 0. The number of hydrogen-bond acceptors (Lipinski definition) is 1. The van der Waals surface area contributed by atoms with Crippen molar-refractivity contribution in [2.75, 3.05) is 0 Å². The van der Waals surface area contributed by atoms with Crippen LogP contribution in [0.25, 0.3) is 0 Å². The van der Waals surface area contributed by atoms with Gasteiger partial charge in [0.25, 0.3) is 0 Å². The average Bonchev–Trinajstić information content (AvgIpc) is 1.38. The third-order valence-corrected chi connectivity index (χ3v) is 0.866. The van der Waals surface area contributed by atoms with Gasteiger partial charge < -0.3 is 0 Å². The second kappa shape index (κ2) is 2.34. The molecule has 0 aliphatic rings. The van der Waals surface area contributed by atoms with Crippen molar-refractivity contribution in [2.24, 2.45) is 0 Å². The molecule has 0 aromatic rings. The Morgan fingerprint density at radius 2 is 1.80 bits per heavy atom. The Bertz CT molecular complexity index is 67.0. The Hall–Kier alpha value is 0.0995. The first-order chi connectivity index (χ1) is 2.27. The summed E-state index contributed by atoms with van der Waals surface area (Å²) in [6.45, 7) is 0. The minimum absolute atomic E-state index is 0.852. The topological polar surface area (TPSA) is 17.1 Å². The zero-order valence-electron chi connectivity index (χ0n) is 3.32. The predicted molar refractivity (Wildman–Crippen MR) is 23.2 cm³/mol. The molecule has 0 aliphatic heterocycles. The molecule has 0 heterocycles. The summed E-state index contributed by atoms with van der Waals surface area (Å²) in [5, 5.41) is 0. The molecule has 1 nitrogen and oxygen atoms in total. The van der Waals surface area contributed by atoms with E-state index in [-0.39, 0.29) is 0 Å². The molecule has 0 aliphatic carbocycles. The quantitative estimate of drug-likeness (QED) is 0.441. The Balaban J connectivity index is 3.60. The van der Waals surface area contributed by atoms with Gasteiger partial charge in [0.2, 0.25) is 0 Å². The maximum absolute atomic E-state index is 9.44. The molecular weight excluding hydrogens is 131 g/mol. The molecule has 0 amide bonds. The summed E-state index contributed by atoms with van der Waals surface area (Å²) in [4.78, 5) is 11.3. The second-order valence-electron chi connectivity index (χ2n) is 0.900. The van der Waals surface area contributed by atoms with Gasteiger partial charge in [0.1, 0.15) is 0 Å². The van der Waals surface area contributed by atoms with E-state index in [9.17, 15) is 4.79 Å². The van der Waals surface area contributed by atoms with Gasteiger partial charge in [-0.15, -0.1) is 0 Å². The van der Waals surface area contributed by atoms with Gasteiger partial charge in [-0.1, -0.05) is 0 Å². The summed E-state index contributed by atoms with van der Waals surface area (Å²) in [6, 6.07) is 0. The second-order valence-corrected chi connectivity index (χ2v) is 4.68. The van der Waals surface area contributed by atoms with Gasteiger partial charge >= 0.3 is 34.7 Å². The van der Waals surface area contributed by atoms with Crippen LogP contribution in [0.3, 0.4) is 0 Å². The minimum atomic E-state index is -0.852. The molecule has 30 valence electrons. The van der Waals surface area contributed by atoms with Crippen LogP contribution < -0.4 is 0 Å². The standard InChI is InChI=1S/C3H6OSe/c1-5(2)3-4/h1-2H3. The predicted octanol–water partition coefficient (Wildman–Crippen LogP) is 0.390. The van der Waals surface area contributed by atoms with Crippen molar-refractivity contribution in [3.8, 4) is 0 Å². The van der Waals surface area contributed by atoms with E-state index in [1.807, 2.05) is 16.4 Å². The summed E-state index contributed by atoms with van der Waals surface area (Å²) in [5.74, 6) is 3.85. The maximum atomic E-state index is 9.44. The van der Waals surface area contributed by atoms with E-state index in [2.05, 4.69) is 0 Å². The summed E-state index contributed by atoms with van der Waals surface area (Å²) in [5.41, 5.74) is 0. The number of carbonyl (C=O) groups excluding carboxylic acids is 1. The molecule has 0 unspecified atom stereocenters. The Morgan fingerprint density at radius 1 is 1.60 bits per heavy atom. The van der Waals surface area contributed by atoms with Gasteiger partial charge in [-0.2, -0.15) is 0 Å². The molecule has 0 spiro atoms. The van der Waals surface area contributed by atoms with E-state index in [4.69, 9.17) is 0 Å². The molecule has 0 bridgehead atoms. The van der Waals surface area contributed by atoms with Crippen LogP contribution in [0.1, 0.15) is 0 Å². The fourth-order valence-electron chi connectivity index (χ4n) is 0. The molecule has 0 aromatic heterocycles. The van der Waals surface area contributed by atoms with Crippen LogP contribution >= 0.6 is 0 Å². The van der Waals surface area contributed by atoms with Crippen molar-refractivity contribution in [3.63, 3.8) is 0 Å². The average molecular weight is 137 g/mol. The third-order valence-electron chi connectivity index (χ3n) is 0.167. The van der Waals surface area contributed by atoms with Crippen LogP contribution in [0, 0.1) is 0 Å². The SMILES string of the molecule is C[Se](C)=C=O. The number of rotatable bonds is 0. The first-order valence-corrected chi connectivity index (χ1v) is 5.51. The molecule has 0 radical (unpaired) electrons. The Labute approximate surface area is 35.4 Å². The summed E-state index contributed by atoms with van der Waals surface area (Å²) in [7, 11) is 0. The van der Waals surface area contributed by atoms with Crippen LogP contribution in [0.2, 0.25) is 11.6 Å². The van der Waals surface area contributed by atoms with E-state index in [0.717, 1.165) is 0 Å². The van der Waals surface area contributed by atoms with Crippen LogP contribution in [-0.4, -0.2) is 18.2 Å². The molecule has 5 heavy (non-hydrogen) atoms. The van der Waals surface area contributed by atoms with Gasteiger partial charge in [-0.05, 0) is 0 Å². The molecule has 0 rings (SSSR count). The van der Waals surface area contributed by atoms with Gasteiger partial charge in [-0.25, -0.2) is 0 Å². The molecule has 2 heteroatoms. The van der Waals surface area contributed by atoms with E-state index in [1.165, 1.54) is 0 Å². The van der Waals surface area contributed by atoms with Gasteiger partial charge in [0.05, 0.1) is 0 Å². The van der Waals surface area contributed by atoms with Crippen molar-refractivity contribution in [3.05, 3.63) is 0 Å². The summed E-state index contributed by atoms with van der Waals surface area (Å²) in [6.07, 6.45) is 0. The van der Waals surface area contributed by atoms with E-state index in [1.54, 1.807) is 0 Å². The Morgan fingerprint density at radius 3 is 1.80 bits per heavy atom. The van der Waals surface area contributed by atoms with E-state index in [0.29, 0.717) is 0 Å². The van der Waals surface area contributed by atoms with Crippen molar-refractivity contribution in [2.45, 2.75) is 11.6 Å². The van der Waals surface area contributed by atoms with Gasteiger partial charge in [-0.3, -0.25) is 0 Å². The fraction of sp³-hybridized carbons (Fsp3) is 0.667. The molecule has 0 atom stereocenters. The zero-order valence-corrected chi connectivity index (χ0v) is 5.03. The van der Waals surface area contributed by atoms with Crippen LogP contribution in [0.15, 0.2) is 0 Å². The molecule has 0 N–H and O–H groups in total. The van der Waals surface area contributed by atoms with Crippen LogP contribution in [0.4, 0.5) is 0 Å². The third kappa shape index (κ3) is 4.10. The van der Waals surface area contributed by atoms with E-state index < -0.39 is 13.5 Å². The van der Waals surface area contributed by atoms with Crippen molar-refractivity contribution < 1.29 is 4.79 Å². The monoisotopic (exact) mass is 138 g/mol. The Kier molecular flexibility index (Phi) is 2.39. The molecule has 0 aromatic carbocycles. The van der Waals surface area contributed by atoms with Gasteiger partial charge in [0, 0.05) is 0 Å². The summed E-state index contributed by atoms with van der Waals surface area (Å²) < 4.78 is 0. The van der Waals surface area contributed by atoms with Gasteiger partial charge in [0.15, 0.2) is 0 Å². The molecule has 0 fully saturated rings. The van der Waals surface area contributed by atoms with Crippen molar-refractivity contribution in [1.82, 2.24) is 0 Å². The van der Waals surface area contributed by atoms with Crippen LogP contribution in [0.5, 0.6) is 0 Å². The molecular formula is C3H6OSe. The first-order valence-electron chi connectivity index (χ1n) is 1.22. The normalized spacial score (nSPS) is 7.80. The molecule has 0 saturated carbocycles. The molecule has 0 saturated heterocycles.